The molecule has 0 atom stereocenters. The Hall–Kier alpha value is -1.95. The van der Waals surface area contributed by atoms with Crippen molar-refractivity contribution in [3.8, 4) is 18.1 Å². The largest absolute Gasteiger partial charge is 0.508 e. The molecule has 1 N–H and O–H groups in total. The first-order valence-corrected chi connectivity index (χ1v) is 5.63. The number of terminal acetylenes is 1. The van der Waals surface area contributed by atoms with Gasteiger partial charge in [-0.25, -0.2) is 0 Å². The maximum atomic E-state index is 12.2. The zero-order chi connectivity index (χ0) is 12.8. The molecule has 0 bridgehead atoms. The normalized spacial score (nSPS) is 9.71. The molecular formula is C14H17NO2. The molecule has 0 saturated heterocycles. The molecule has 0 aliphatic rings. The molecule has 0 saturated carbocycles. The van der Waals surface area contributed by atoms with Gasteiger partial charge in [-0.1, -0.05) is 18.9 Å². The Labute approximate surface area is 102 Å². The van der Waals surface area contributed by atoms with Crippen molar-refractivity contribution in [3.63, 3.8) is 0 Å². The lowest BCUT2D eigenvalue weighted by molar-refractivity contribution is 0.0775. The monoisotopic (exact) mass is 231 g/mol. The zero-order valence-electron chi connectivity index (χ0n) is 10.2. The molecule has 0 heterocycles. The average molecular weight is 231 g/mol. The van der Waals surface area contributed by atoms with Crippen molar-refractivity contribution in [1.29, 1.82) is 0 Å². The van der Waals surface area contributed by atoms with Crippen LogP contribution in [-0.4, -0.2) is 29.0 Å². The van der Waals surface area contributed by atoms with Gasteiger partial charge in [0.2, 0.25) is 0 Å². The van der Waals surface area contributed by atoms with Crippen LogP contribution in [0.2, 0.25) is 0 Å². The second kappa shape index (κ2) is 5.95. The van der Waals surface area contributed by atoms with E-state index in [0.717, 1.165) is 6.42 Å². The van der Waals surface area contributed by atoms with Crippen LogP contribution in [0.4, 0.5) is 0 Å². The van der Waals surface area contributed by atoms with Crippen molar-refractivity contribution in [2.75, 3.05) is 13.1 Å². The highest BCUT2D eigenvalue weighted by Gasteiger charge is 2.17. The quantitative estimate of drug-likeness (QED) is 0.807. The van der Waals surface area contributed by atoms with E-state index in [2.05, 4.69) is 5.92 Å². The maximum absolute atomic E-state index is 12.2. The molecule has 1 aromatic rings. The van der Waals surface area contributed by atoms with Crippen molar-refractivity contribution >= 4 is 5.91 Å². The van der Waals surface area contributed by atoms with Crippen molar-refractivity contribution in [2.45, 2.75) is 20.3 Å². The summed E-state index contributed by atoms with van der Waals surface area (Å²) in [6.45, 7) is 4.63. The second-order valence-corrected chi connectivity index (χ2v) is 3.88. The van der Waals surface area contributed by atoms with Crippen LogP contribution in [0.25, 0.3) is 0 Å². The number of carbonyl (C=O) groups is 1. The third kappa shape index (κ3) is 3.01. The van der Waals surface area contributed by atoms with E-state index in [4.69, 9.17) is 6.42 Å². The minimum absolute atomic E-state index is 0.127. The van der Waals surface area contributed by atoms with Crippen LogP contribution in [-0.2, 0) is 0 Å². The van der Waals surface area contributed by atoms with Crippen molar-refractivity contribution < 1.29 is 9.90 Å². The first-order valence-electron chi connectivity index (χ1n) is 5.63. The Bertz CT molecular complexity index is 446. The summed E-state index contributed by atoms with van der Waals surface area (Å²) in [6, 6.07) is 4.93. The number of phenols is 1. The Morgan fingerprint density at radius 2 is 2.24 bits per heavy atom. The third-order valence-corrected chi connectivity index (χ3v) is 2.60. The van der Waals surface area contributed by atoms with Gasteiger partial charge in [-0.15, -0.1) is 6.42 Å². The predicted molar refractivity (Wildman–Crippen MR) is 67.9 cm³/mol. The summed E-state index contributed by atoms with van der Waals surface area (Å²) < 4.78 is 0. The van der Waals surface area contributed by atoms with Crippen LogP contribution < -0.4 is 0 Å². The number of phenolic OH excluding ortho intramolecular Hbond substituents is 1. The lowest BCUT2D eigenvalue weighted by Crippen LogP contribution is -2.32. The molecule has 0 spiro atoms. The summed E-state index contributed by atoms with van der Waals surface area (Å²) in [6.07, 6.45) is 6.10. The summed E-state index contributed by atoms with van der Waals surface area (Å²) in [7, 11) is 0. The standard InChI is InChI=1S/C14H17NO2/c1-4-9-15(10-5-2)14(17)12-7-6-8-13(16)11(12)3/h1,6-8,16H,5,9-10H2,2-3H3. The van der Waals surface area contributed by atoms with E-state index in [1.54, 1.807) is 30.0 Å². The first-order chi connectivity index (χ1) is 8.11. The number of hydrogen-bond acceptors (Lipinski definition) is 2. The van der Waals surface area contributed by atoms with Gasteiger partial charge in [0.15, 0.2) is 0 Å². The summed E-state index contributed by atoms with van der Waals surface area (Å²) in [5.41, 5.74) is 1.10. The smallest absolute Gasteiger partial charge is 0.255 e. The van der Waals surface area contributed by atoms with Crippen molar-refractivity contribution in [2.24, 2.45) is 0 Å². The summed E-state index contributed by atoms with van der Waals surface area (Å²) in [5.74, 6) is 2.49. The molecule has 90 valence electrons. The number of rotatable bonds is 4. The molecule has 0 aromatic heterocycles. The fraction of sp³-hybridized carbons (Fsp3) is 0.357. The van der Waals surface area contributed by atoms with Crippen LogP contribution >= 0.6 is 0 Å². The Morgan fingerprint density at radius 1 is 1.53 bits per heavy atom. The highest BCUT2D eigenvalue weighted by atomic mass is 16.3. The molecule has 1 aromatic carbocycles. The van der Waals surface area contributed by atoms with Gasteiger partial charge in [-0.05, 0) is 25.5 Å². The molecular weight excluding hydrogens is 214 g/mol. The summed E-state index contributed by atoms with van der Waals surface area (Å²) >= 11 is 0. The van der Waals surface area contributed by atoms with E-state index in [1.165, 1.54) is 0 Å². The van der Waals surface area contributed by atoms with Crippen molar-refractivity contribution in [3.05, 3.63) is 29.3 Å². The minimum atomic E-state index is -0.127. The van der Waals surface area contributed by atoms with Gasteiger partial charge in [0.1, 0.15) is 5.75 Å². The highest BCUT2D eigenvalue weighted by molar-refractivity contribution is 5.96. The predicted octanol–water partition coefficient (Wildman–Crippen LogP) is 2.19. The zero-order valence-corrected chi connectivity index (χ0v) is 10.2. The molecule has 0 unspecified atom stereocenters. The highest BCUT2D eigenvalue weighted by Crippen LogP contribution is 2.20. The Balaban J connectivity index is 3.01. The van der Waals surface area contributed by atoms with Crippen LogP contribution in [0.5, 0.6) is 5.75 Å². The van der Waals surface area contributed by atoms with Gasteiger partial charge >= 0.3 is 0 Å². The van der Waals surface area contributed by atoms with Gasteiger partial charge in [0.05, 0.1) is 6.54 Å². The van der Waals surface area contributed by atoms with Crippen LogP contribution in [0.3, 0.4) is 0 Å². The molecule has 0 fully saturated rings. The fourth-order valence-corrected chi connectivity index (χ4v) is 1.66. The van der Waals surface area contributed by atoms with E-state index in [-0.39, 0.29) is 11.7 Å². The number of hydrogen-bond donors (Lipinski definition) is 1. The van der Waals surface area contributed by atoms with Crippen LogP contribution in [0.1, 0.15) is 29.3 Å². The third-order valence-electron chi connectivity index (χ3n) is 2.60. The SMILES string of the molecule is C#CCN(CCC)C(=O)c1cccc(O)c1C. The van der Waals surface area contributed by atoms with Crippen LogP contribution in [0.15, 0.2) is 18.2 Å². The van der Waals surface area contributed by atoms with Gasteiger partial charge in [0.25, 0.3) is 5.91 Å². The van der Waals surface area contributed by atoms with Gasteiger partial charge < -0.3 is 10.0 Å². The summed E-state index contributed by atoms with van der Waals surface area (Å²) in [5, 5.41) is 9.58. The first kappa shape index (κ1) is 13.1. The molecule has 3 heteroatoms. The van der Waals surface area contributed by atoms with Crippen LogP contribution in [0, 0.1) is 19.3 Å². The molecule has 0 radical (unpaired) electrons. The van der Waals surface area contributed by atoms with E-state index >= 15 is 0 Å². The minimum Gasteiger partial charge on any atom is -0.508 e. The van der Waals surface area contributed by atoms with E-state index < -0.39 is 0 Å². The number of amides is 1. The number of aromatic hydroxyl groups is 1. The number of benzene rings is 1. The fourth-order valence-electron chi connectivity index (χ4n) is 1.66. The molecule has 1 rings (SSSR count). The van der Waals surface area contributed by atoms with Crippen molar-refractivity contribution in [1.82, 2.24) is 4.90 Å². The lowest BCUT2D eigenvalue weighted by atomic mass is 10.1. The Kier molecular flexibility index (Phi) is 4.59. The van der Waals surface area contributed by atoms with Gasteiger partial charge in [-0.2, -0.15) is 0 Å². The topological polar surface area (TPSA) is 40.5 Å². The number of nitrogens with zero attached hydrogens (tertiary/aromatic N) is 1. The Morgan fingerprint density at radius 3 is 2.82 bits per heavy atom. The molecule has 0 aliphatic heterocycles. The average Bonchev–Trinajstić information content (AvgIpc) is 2.31. The molecule has 17 heavy (non-hydrogen) atoms. The molecule has 0 aliphatic carbocycles. The maximum Gasteiger partial charge on any atom is 0.255 e. The second-order valence-electron chi connectivity index (χ2n) is 3.88. The molecule has 3 nitrogen and oxygen atoms in total. The number of carbonyl (C=O) groups excluding carboxylic acids is 1. The van der Waals surface area contributed by atoms with E-state index in [0.29, 0.717) is 24.2 Å². The lowest BCUT2D eigenvalue weighted by Gasteiger charge is -2.20. The van der Waals surface area contributed by atoms with E-state index in [9.17, 15) is 9.90 Å². The van der Waals surface area contributed by atoms with Gasteiger partial charge in [-0.3, -0.25) is 4.79 Å². The summed E-state index contributed by atoms with van der Waals surface area (Å²) in [4.78, 5) is 13.8. The molecule has 1 amide bonds. The van der Waals surface area contributed by atoms with E-state index in [1.807, 2.05) is 6.92 Å². The van der Waals surface area contributed by atoms with Gasteiger partial charge in [0, 0.05) is 17.7 Å².